The molecule has 1 atom stereocenters. The highest BCUT2D eigenvalue weighted by atomic mass is 16.5. The summed E-state index contributed by atoms with van der Waals surface area (Å²) in [4.78, 5) is 4.18. The summed E-state index contributed by atoms with van der Waals surface area (Å²) in [6.45, 7) is 1.98. The summed E-state index contributed by atoms with van der Waals surface area (Å²) in [6, 6.07) is 0. The van der Waals surface area contributed by atoms with Crippen molar-refractivity contribution in [2.24, 2.45) is 5.73 Å². The van der Waals surface area contributed by atoms with Gasteiger partial charge in [-0.1, -0.05) is 5.16 Å². The Hall–Kier alpha value is -1.02. The molecular weight excluding hydrogens is 226 g/mol. The first-order valence-electron chi connectivity index (χ1n) is 5.43. The van der Waals surface area contributed by atoms with Crippen LogP contribution in [0, 0.1) is 0 Å². The van der Waals surface area contributed by atoms with Crippen molar-refractivity contribution in [2.45, 2.75) is 12.5 Å². The fraction of sp³-hybridized carbons (Fsp3) is 0.800. The van der Waals surface area contributed by atoms with Gasteiger partial charge in [-0.3, -0.25) is 0 Å². The van der Waals surface area contributed by atoms with Gasteiger partial charge < -0.3 is 24.5 Å². The Balaban J connectivity index is 2.30. The summed E-state index contributed by atoms with van der Waals surface area (Å²) in [5.74, 6) is 0.995. The number of rotatable bonds is 9. The van der Waals surface area contributed by atoms with Crippen LogP contribution < -0.4 is 5.73 Å². The van der Waals surface area contributed by atoms with Crippen molar-refractivity contribution in [3.63, 3.8) is 0 Å². The van der Waals surface area contributed by atoms with Crippen molar-refractivity contribution in [1.29, 1.82) is 0 Å². The Bertz CT molecular complexity index is 301. The van der Waals surface area contributed by atoms with Crippen LogP contribution in [0.25, 0.3) is 0 Å². The lowest BCUT2D eigenvalue weighted by atomic mass is 10.3. The fourth-order valence-electron chi connectivity index (χ4n) is 1.21. The molecule has 0 amide bonds. The highest BCUT2D eigenvalue weighted by Crippen LogP contribution is 2.12. The van der Waals surface area contributed by atoms with E-state index in [2.05, 4.69) is 10.1 Å². The number of hydrogen-bond acceptors (Lipinski definition) is 7. The predicted molar refractivity (Wildman–Crippen MR) is 59.5 cm³/mol. The zero-order valence-corrected chi connectivity index (χ0v) is 10.2. The van der Waals surface area contributed by atoms with E-state index >= 15 is 0 Å². The zero-order chi connectivity index (χ0) is 12.5. The Morgan fingerprint density at radius 1 is 1.29 bits per heavy atom. The quantitative estimate of drug-likeness (QED) is 0.608. The van der Waals surface area contributed by atoms with E-state index in [0.29, 0.717) is 44.5 Å². The molecule has 0 bridgehead atoms. The maximum absolute atomic E-state index is 5.49. The molecule has 0 aliphatic heterocycles. The van der Waals surface area contributed by atoms with Crippen LogP contribution in [0.15, 0.2) is 4.52 Å². The third-order valence-corrected chi connectivity index (χ3v) is 2.16. The molecule has 0 spiro atoms. The number of hydrogen-bond donors (Lipinski definition) is 1. The second-order valence-corrected chi connectivity index (χ2v) is 3.36. The van der Waals surface area contributed by atoms with Crippen molar-refractivity contribution in [1.82, 2.24) is 10.1 Å². The highest BCUT2D eigenvalue weighted by Gasteiger charge is 2.16. The topological polar surface area (TPSA) is 92.6 Å². The van der Waals surface area contributed by atoms with E-state index in [4.69, 9.17) is 24.5 Å². The molecule has 17 heavy (non-hydrogen) atoms. The van der Waals surface area contributed by atoms with Gasteiger partial charge >= 0.3 is 0 Å². The molecule has 0 saturated heterocycles. The molecule has 98 valence electrons. The molecule has 0 radical (unpaired) electrons. The summed E-state index contributed by atoms with van der Waals surface area (Å²) in [5, 5.41) is 3.82. The van der Waals surface area contributed by atoms with Gasteiger partial charge in [0.1, 0.15) is 6.10 Å². The molecular formula is C10H19N3O4. The number of aromatic nitrogens is 2. The maximum atomic E-state index is 5.49. The smallest absolute Gasteiger partial charge is 0.257 e. The molecule has 1 aromatic rings. The maximum Gasteiger partial charge on any atom is 0.257 e. The Morgan fingerprint density at radius 3 is 2.76 bits per heavy atom. The minimum Gasteiger partial charge on any atom is -0.382 e. The normalized spacial score (nSPS) is 12.9. The van der Waals surface area contributed by atoms with Crippen molar-refractivity contribution in [3.05, 3.63) is 11.7 Å². The van der Waals surface area contributed by atoms with Gasteiger partial charge in [0.25, 0.3) is 5.89 Å². The van der Waals surface area contributed by atoms with E-state index in [-0.39, 0.29) is 6.10 Å². The first-order chi connectivity index (χ1) is 8.31. The third kappa shape index (κ3) is 4.78. The number of nitrogens with zero attached hydrogens (tertiary/aromatic N) is 2. The van der Waals surface area contributed by atoms with Gasteiger partial charge in [-0.2, -0.15) is 4.98 Å². The standard InChI is InChI=1S/C10H19N3O4/c1-14-5-6-16-4-3-9-12-10(17-13-9)8(7-11)15-2/h8H,3-7,11H2,1-2H3. The van der Waals surface area contributed by atoms with Crippen LogP contribution in [0.1, 0.15) is 17.8 Å². The molecule has 7 nitrogen and oxygen atoms in total. The van der Waals surface area contributed by atoms with Gasteiger partial charge in [-0.05, 0) is 0 Å². The minimum absolute atomic E-state index is 0.308. The lowest BCUT2D eigenvalue weighted by molar-refractivity contribution is 0.0714. The third-order valence-electron chi connectivity index (χ3n) is 2.16. The zero-order valence-electron chi connectivity index (χ0n) is 10.2. The van der Waals surface area contributed by atoms with E-state index in [9.17, 15) is 0 Å². The highest BCUT2D eigenvalue weighted by molar-refractivity contribution is 4.91. The molecule has 0 fully saturated rings. The number of methoxy groups -OCH3 is 2. The summed E-state index contributed by atoms with van der Waals surface area (Å²) < 4.78 is 20.3. The Kier molecular flexibility index (Phi) is 6.71. The number of nitrogens with two attached hydrogens (primary N) is 1. The van der Waals surface area contributed by atoms with Gasteiger partial charge in [0, 0.05) is 27.2 Å². The molecule has 0 saturated carbocycles. The van der Waals surface area contributed by atoms with E-state index in [0.717, 1.165) is 0 Å². The largest absolute Gasteiger partial charge is 0.382 e. The van der Waals surface area contributed by atoms with Crippen LogP contribution in [0.5, 0.6) is 0 Å². The molecule has 1 unspecified atom stereocenters. The van der Waals surface area contributed by atoms with Crippen LogP contribution in [0.2, 0.25) is 0 Å². The van der Waals surface area contributed by atoms with E-state index in [1.807, 2.05) is 0 Å². The van der Waals surface area contributed by atoms with Crippen LogP contribution in [-0.2, 0) is 20.6 Å². The van der Waals surface area contributed by atoms with Crippen LogP contribution in [0.4, 0.5) is 0 Å². The number of ether oxygens (including phenoxy) is 3. The fourth-order valence-corrected chi connectivity index (χ4v) is 1.21. The van der Waals surface area contributed by atoms with Gasteiger partial charge in [-0.25, -0.2) is 0 Å². The molecule has 0 aliphatic rings. The van der Waals surface area contributed by atoms with Crippen molar-refractivity contribution >= 4 is 0 Å². The molecule has 1 rings (SSSR count). The Labute approximate surface area is 100 Å². The van der Waals surface area contributed by atoms with Crippen LogP contribution in [-0.4, -0.2) is 50.7 Å². The molecule has 1 aromatic heterocycles. The van der Waals surface area contributed by atoms with Gasteiger partial charge in [-0.15, -0.1) is 0 Å². The van der Waals surface area contributed by atoms with Crippen molar-refractivity contribution in [3.8, 4) is 0 Å². The van der Waals surface area contributed by atoms with Gasteiger partial charge in [0.2, 0.25) is 0 Å². The summed E-state index contributed by atoms with van der Waals surface area (Å²) >= 11 is 0. The monoisotopic (exact) mass is 245 g/mol. The van der Waals surface area contributed by atoms with Gasteiger partial charge in [0.05, 0.1) is 19.8 Å². The van der Waals surface area contributed by atoms with E-state index in [1.54, 1.807) is 14.2 Å². The van der Waals surface area contributed by atoms with E-state index < -0.39 is 0 Å². The summed E-state index contributed by atoms with van der Waals surface area (Å²) in [7, 11) is 3.18. The SMILES string of the molecule is COCCOCCc1noc(C(CN)OC)n1. The second kappa shape index (κ2) is 8.13. The minimum atomic E-state index is -0.342. The summed E-state index contributed by atoms with van der Waals surface area (Å²) in [6.07, 6.45) is 0.250. The van der Waals surface area contributed by atoms with Crippen molar-refractivity contribution < 1.29 is 18.7 Å². The lowest BCUT2D eigenvalue weighted by Gasteiger charge is -2.05. The van der Waals surface area contributed by atoms with E-state index in [1.165, 1.54) is 0 Å². The lowest BCUT2D eigenvalue weighted by Crippen LogP contribution is -2.14. The summed E-state index contributed by atoms with van der Waals surface area (Å²) in [5.41, 5.74) is 5.49. The first-order valence-corrected chi connectivity index (χ1v) is 5.43. The average Bonchev–Trinajstić information content (AvgIpc) is 2.79. The predicted octanol–water partition coefficient (Wildman–Crippen LogP) is -0.0787. The van der Waals surface area contributed by atoms with Gasteiger partial charge in [0.15, 0.2) is 5.82 Å². The first kappa shape index (κ1) is 14.0. The van der Waals surface area contributed by atoms with Crippen molar-refractivity contribution in [2.75, 3.05) is 40.6 Å². The molecule has 2 N–H and O–H groups in total. The van der Waals surface area contributed by atoms with Crippen LogP contribution >= 0.6 is 0 Å². The second-order valence-electron chi connectivity index (χ2n) is 3.36. The molecule has 0 aliphatic carbocycles. The average molecular weight is 245 g/mol. The molecule has 7 heteroatoms. The van der Waals surface area contributed by atoms with Crippen LogP contribution in [0.3, 0.4) is 0 Å². The molecule has 1 heterocycles. The molecule has 0 aromatic carbocycles. The Morgan fingerprint density at radius 2 is 2.12 bits per heavy atom.